The van der Waals surface area contributed by atoms with Gasteiger partial charge in [-0.3, -0.25) is 0 Å². The Kier molecular flexibility index (Phi) is 2.38. The van der Waals surface area contributed by atoms with Crippen LogP contribution in [-0.4, -0.2) is 0 Å². The summed E-state index contributed by atoms with van der Waals surface area (Å²) >= 11 is 1.58. The van der Waals surface area contributed by atoms with Gasteiger partial charge in [0, 0.05) is 5.70 Å². The Balaban J connectivity index is 1.95. The summed E-state index contributed by atoms with van der Waals surface area (Å²) in [5.41, 5.74) is 1.12. The van der Waals surface area contributed by atoms with E-state index < -0.39 is 0 Å². The molecule has 0 aromatic heterocycles. The van der Waals surface area contributed by atoms with E-state index in [1.54, 1.807) is 11.9 Å². The van der Waals surface area contributed by atoms with E-state index >= 15 is 0 Å². The van der Waals surface area contributed by atoms with Crippen molar-refractivity contribution in [2.75, 3.05) is 0 Å². The highest BCUT2D eigenvalue weighted by Gasteiger charge is 2.16. The lowest BCUT2D eigenvalue weighted by atomic mass is 10.0. The fraction of sp³-hybridized carbons (Fsp3) is 0.600. The quantitative estimate of drug-likeness (QED) is 0.658. The van der Waals surface area contributed by atoms with Gasteiger partial charge in [-0.15, -0.1) is 0 Å². The number of nitrogens with one attached hydrogen (secondary N) is 1. The molecule has 66 valence electrons. The summed E-state index contributed by atoms with van der Waals surface area (Å²) in [4.78, 5) is 0. The number of hydrogen-bond acceptors (Lipinski definition) is 2. The molecule has 1 nitrogen and oxygen atoms in total. The molecule has 2 heteroatoms. The molecule has 0 spiro atoms. The Morgan fingerprint density at radius 2 is 2.42 bits per heavy atom. The lowest BCUT2D eigenvalue weighted by molar-refractivity contribution is 0.537. The highest BCUT2D eigenvalue weighted by Crippen LogP contribution is 2.30. The fourth-order valence-electron chi connectivity index (χ4n) is 1.91. The SMILES string of the molecule is [2H]C1=C(CC2CCCC2)NSC=C1. The van der Waals surface area contributed by atoms with Gasteiger partial charge in [0.25, 0.3) is 0 Å². The first-order chi connectivity index (χ1) is 6.36. The predicted molar refractivity (Wildman–Crippen MR) is 54.5 cm³/mol. The second kappa shape index (κ2) is 4.04. The van der Waals surface area contributed by atoms with Crippen LogP contribution in [0.15, 0.2) is 23.2 Å². The Bertz CT molecular complexity index is 241. The summed E-state index contributed by atoms with van der Waals surface area (Å²) in [6.07, 6.45) is 8.43. The lowest BCUT2D eigenvalue weighted by Crippen LogP contribution is -2.08. The number of allylic oxidation sites excluding steroid dienone is 3. The zero-order valence-electron chi connectivity index (χ0n) is 8.18. The molecule has 1 N–H and O–H groups in total. The van der Waals surface area contributed by atoms with E-state index in [0.29, 0.717) is 6.05 Å². The summed E-state index contributed by atoms with van der Waals surface area (Å²) in [5, 5.41) is 1.93. The van der Waals surface area contributed by atoms with Crippen LogP contribution >= 0.6 is 11.9 Å². The largest absolute Gasteiger partial charge is 0.330 e. The van der Waals surface area contributed by atoms with Crippen molar-refractivity contribution < 1.29 is 1.37 Å². The summed E-state index contributed by atoms with van der Waals surface area (Å²) < 4.78 is 10.9. The summed E-state index contributed by atoms with van der Waals surface area (Å²) in [5.74, 6) is 0.829. The summed E-state index contributed by atoms with van der Waals surface area (Å²) in [6.45, 7) is 0. The van der Waals surface area contributed by atoms with Crippen molar-refractivity contribution in [3.63, 3.8) is 0 Å². The van der Waals surface area contributed by atoms with Crippen molar-refractivity contribution in [3.05, 3.63) is 23.2 Å². The van der Waals surface area contributed by atoms with E-state index in [1.807, 2.05) is 11.5 Å². The summed E-state index contributed by atoms with van der Waals surface area (Å²) in [7, 11) is 0. The maximum absolute atomic E-state index is 7.71. The van der Waals surface area contributed by atoms with Gasteiger partial charge in [0.1, 0.15) is 0 Å². The first-order valence-electron chi connectivity index (χ1n) is 5.14. The Morgan fingerprint density at radius 3 is 3.17 bits per heavy atom. The van der Waals surface area contributed by atoms with Gasteiger partial charge in [-0.25, -0.2) is 0 Å². The van der Waals surface area contributed by atoms with Gasteiger partial charge >= 0.3 is 0 Å². The van der Waals surface area contributed by atoms with E-state index in [2.05, 4.69) is 4.72 Å². The molecule has 1 saturated carbocycles. The highest BCUT2D eigenvalue weighted by atomic mass is 32.2. The Hall–Kier alpha value is -0.370. The average Bonchev–Trinajstić information content (AvgIpc) is 2.61. The van der Waals surface area contributed by atoms with Crippen LogP contribution in [0.3, 0.4) is 0 Å². The van der Waals surface area contributed by atoms with Crippen LogP contribution in [0.4, 0.5) is 0 Å². The molecule has 12 heavy (non-hydrogen) atoms. The van der Waals surface area contributed by atoms with Gasteiger partial charge in [-0.1, -0.05) is 31.8 Å². The average molecular weight is 182 g/mol. The van der Waals surface area contributed by atoms with Crippen LogP contribution in [0.1, 0.15) is 33.5 Å². The van der Waals surface area contributed by atoms with Crippen molar-refractivity contribution in [1.29, 1.82) is 0 Å². The van der Waals surface area contributed by atoms with Gasteiger partial charge in [0.15, 0.2) is 0 Å². The van der Waals surface area contributed by atoms with Gasteiger partial charge in [-0.2, -0.15) is 0 Å². The van der Waals surface area contributed by atoms with Crippen LogP contribution in [0.5, 0.6) is 0 Å². The molecule has 0 atom stereocenters. The van der Waals surface area contributed by atoms with Crippen LogP contribution in [0.2, 0.25) is 0 Å². The first kappa shape index (κ1) is 7.07. The maximum atomic E-state index is 7.71. The lowest BCUT2D eigenvalue weighted by Gasteiger charge is -2.14. The topological polar surface area (TPSA) is 12.0 Å². The van der Waals surface area contributed by atoms with Crippen LogP contribution in [0.25, 0.3) is 0 Å². The van der Waals surface area contributed by atoms with Crippen molar-refractivity contribution in [3.8, 4) is 0 Å². The third-order valence-corrected chi connectivity index (χ3v) is 3.18. The smallest absolute Gasteiger partial charge is 0.0642 e. The highest BCUT2D eigenvalue weighted by molar-refractivity contribution is 8.00. The van der Waals surface area contributed by atoms with Crippen molar-refractivity contribution in [1.82, 2.24) is 4.72 Å². The van der Waals surface area contributed by atoms with E-state index in [9.17, 15) is 0 Å². The minimum absolute atomic E-state index is 0.672. The molecule has 2 rings (SSSR count). The van der Waals surface area contributed by atoms with E-state index in [-0.39, 0.29) is 0 Å². The third kappa shape index (κ3) is 2.07. The fourth-order valence-corrected chi connectivity index (χ4v) is 2.40. The number of hydrogen-bond donors (Lipinski definition) is 1. The minimum atomic E-state index is 0.672. The third-order valence-electron chi connectivity index (χ3n) is 2.54. The Morgan fingerprint density at radius 1 is 1.58 bits per heavy atom. The first-order valence-corrected chi connectivity index (χ1v) is 5.52. The molecule has 2 aliphatic rings. The zero-order valence-corrected chi connectivity index (χ0v) is 7.99. The molecule has 0 bridgehead atoms. The molecular formula is C10H15NS. The second-order valence-corrected chi connectivity index (χ2v) is 4.21. The monoisotopic (exact) mass is 182 g/mol. The van der Waals surface area contributed by atoms with E-state index in [1.165, 1.54) is 25.7 Å². The maximum Gasteiger partial charge on any atom is 0.0642 e. The van der Waals surface area contributed by atoms with Crippen molar-refractivity contribution in [2.24, 2.45) is 5.92 Å². The summed E-state index contributed by atoms with van der Waals surface area (Å²) in [6, 6.07) is 0.672. The van der Waals surface area contributed by atoms with Crippen LogP contribution < -0.4 is 4.72 Å². The standard InChI is InChI=1S/C10H15NS/c1-2-5-9(4-1)8-10-6-3-7-12-11-10/h3,6-7,9,11H,1-2,4-5,8H2/i6D. The van der Waals surface area contributed by atoms with Crippen molar-refractivity contribution in [2.45, 2.75) is 32.1 Å². The Labute approximate surface area is 79.8 Å². The van der Waals surface area contributed by atoms with Crippen LogP contribution in [0, 0.1) is 5.92 Å². The second-order valence-electron chi connectivity index (χ2n) is 3.50. The van der Waals surface area contributed by atoms with Gasteiger partial charge < -0.3 is 4.72 Å². The molecule has 0 amide bonds. The molecular weight excluding hydrogens is 166 g/mol. The normalized spacial score (nSPS) is 25.8. The molecule has 1 heterocycles. The van der Waals surface area contributed by atoms with E-state index in [0.717, 1.165) is 18.0 Å². The minimum Gasteiger partial charge on any atom is -0.330 e. The van der Waals surface area contributed by atoms with E-state index in [4.69, 9.17) is 1.37 Å². The zero-order chi connectivity index (χ0) is 9.10. The molecule has 0 saturated heterocycles. The molecule has 1 aliphatic carbocycles. The number of rotatable bonds is 2. The molecule has 1 fully saturated rings. The molecule has 0 unspecified atom stereocenters. The predicted octanol–water partition coefficient (Wildman–Crippen LogP) is 3.22. The molecule has 0 aromatic carbocycles. The van der Waals surface area contributed by atoms with Gasteiger partial charge in [0.05, 0.1) is 1.37 Å². The van der Waals surface area contributed by atoms with Gasteiger partial charge in [0.2, 0.25) is 0 Å². The van der Waals surface area contributed by atoms with Crippen molar-refractivity contribution >= 4 is 11.9 Å². The van der Waals surface area contributed by atoms with Crippen LogP contribution in [-0.2, 0) is 0 Å². The molecule has 0 radical (unpaired) electrons. The molecule has 0 aromatic rings. The van der Waals surface area contributed by atoms with Gasteiger partial charge in [-0.05, 0) is 35.7 Å². The molecule has 1 aliphatic heterocycles.